The van der Waals surface area contributed by atoms with Crippen LogP contribution in [-0.2, 0) is 6.18 Å². The molecule has 0 saturated carbocycles. The maximum Gasteiger partial charge on any atom is 0.417 e. The Bertz CT molecular complexity index is 421. The Labute approximate surface area is 92.4 Å². The van der Waals surface area contributed by atoms with Crippen molar-refractivity contribution < 1.29 is 18.1 Å². The minimum absolute atomic E-state index is 0.355. The highest BCUT2D eigenvalue weighted by atomic mass is 35.5. The van der Waals surface area contributed by atoms with Crippen LogP contribution in [0.15, 0.2) is 17.0 Å². The Morgan fingerprint density at radius 3 is 2.33 bits per heavy atom. The summed E-state index contributed by atoms with van der Waals surface area (Å²) in [5.41, 5.74) is -1.98. The van der Waals surface area contributed by atoms with Gasteiger partial charge in [0.1, 0.15) is 0 Å². The number of hydrogen-bond acceptors (Lipinski definition) is 3. The lowest BCUT2D eigenvalue weighted by molar-refractivity contribution is -0.388. The molecule has 0 amide bonds. The van der Waals surface area contributed by atoms with Crippen molar-refractivity contribution in [2.24, 2.45) is 0 Å². The van der Waals surface area contributed by atoms with Gasteiger partial charge in [-0.2, -0.15) is 13.2 Å². The number of nitro benzene ring substituents is 1. The highest BCUT2D eigenvalue weighted by Gasteiger charge is 2.36. The molecule has 0 unspecified atom stereocenters. The molecule has 0 aliphatic rings. The van der Waals surface area contributed by atoms with Gasteiger partial charge in [0.15, 0.2) is 0 Å². The van der Waals surface area contributed by atoms with E-state index in [2.05, 4.69) is 12.6 Å². The number of rotatable bonds is 1. The topological polar surface area (TPSA) is 43.1 Å². The predicted octanol–water partition coefficient (Wildman–Crippen LogP) is 3.56. The van der Waals surface area contributed by atoms with Gasteiger partial charge in [0.2, 0.25) is 0 Å². The molecule has 0 saturated heterocycles. The summed E-state index contributed by atoms with van der Waals surface area (Å²) in [7, 11) is 0. The van der Waals surface area contributed by atoms with Crippen LogP contribution in [0.1, 0.15) is 5.56 Å². The maximum atomic E-state index is 12.3. The zero-order valence-electron chi connectivity index (χ0n) is 6.88. The molecule has 1 aromatic rings. The zero-order valence-corrected chi connectivity index (χ0v) is 8.53. The van der Waals surface area contributed by atoms with E-state index in [1.54, 1.807) is 0 Å². The predicted molar refractivity (Wildman–Crippen MR) is 50.4 cm³/mol. The first-order valence-corrected chi connectivity index (χ1v) is 4.30. The number of nitro groups is 1. The Morgan fingerprint density at radius 1 is 1.40 bits per heavy atom. The number of thiol groups is 1. The summed E-state index contributed by atoms with van der Waals surface area (Å²) >= 11 is 8.80. The lowest BCUT2D eigenvalue weighted by Gasteiger charge is -2.09. The monoisotopic (exact) mass is 257 g/mol. The summed E-state index contributed by atoms with van der Waals surface area (Å²) in [5.74, 6) is 0. The van der Waals surface area contributed by atoms with Gasteiger partial charge in [-0.3, -0.25) is 10.1 Å². The molecule has 0 aliphatic heterocycles. The van der Waals surface area contributed by atoms with Crippen molar-refractivity contribution in [1.82, 2.24) is 0 Å². The van der Waals surface area contributed by atoms with Gasteiger partial charge in [-0.1, -0.05) is 11.6 Å². The van der Waals surface area contributed by atoms with Crippen LogP contribution in [0.5, 0.6) is 0 Å². The third-order valence-electron chi connectivity index (χ3n) is 1.56. The molecule has 3 nitrogen and oxygen atoms in total. The minimum Gasteiger partial charge on any atom is -0.258 e. The Hall–Kier alpha value is -0.950. The van der Waals surface area contributed by atoms with Crippen LogP contribution >= 0.6 is 24.2 Å². The fourth-order valence-corrected chi connectivity index (χ4v) is 1.49. The van der Waals surface area contributed by atoms with Crippen LogP contribution in [0.2, 0.25) is 5.02 Å². The number of hydrogen-bond donors (Lipinski definition) is 1. The van der Waals surface area contributed by atoms with Crippen LogP contribution in [0.25, 0.3) is 0 Å². The quantitative estimate of drug-likeness (QED) is 0.475. The number of benzene rings is 1. The van der Waals surface area contributed by atoms with Gasteiger partial charge in [0.05, 0.1) is 15.4 Å². The second-order valence-electron chi connectivity index (χ2n) is 2.58. The fourth-order valence-electron chi connectivity index (χ4n) is 0.940. The summed E-state index contributed by atoms with van der Waals surface area (Å²) in [4.78, 5) is 8.68. The van der Waals surface area contributed by atoms with Gasteiger partial charge in [-0.05, 0) is 6.07 Å². The van der Waals surface area contributed by atoms with Crippen molar-refractivity contribution in [3.63, 3.8) is 0 Å². The lowest BCUT2D eigenvalue weighted by Crippen LogP contribution is -2.07. The molecule has 1 rings (SSSR count). The Morgan fingerprint density at radius 2 is 1.93 bits per heavy atom. The van der Waals surface area contributed by atoms with Crippen molar-refractivity contribution in [3.05, 3.63) is 32.8 Å². The summed E-state index contributed by atoms with van der Waals surface area (Å²) in [6.07, 6.45) is -4.72. The van der Waals surface area contributed by atoms with Gasteiger partial charge in [-0.15, -0.1) is 12.6 Å². The Balaban J connectivity index is 3.49. The van der Waals surface area contributed by atoms with Crippen LogP contribution in [0.4, 0.5) is 18.9 Å². The molecule has 0 aromatic heterocycles. The summed E-state index contributed by atoms with van der Waals surface area (Å²) in [6.45, 7) is 0. The highest BCUT2D eigenvalue weighted by Crippen LogP contribution is 2.39. The van der Waals surface area contributed by atoms with E-state index in [1.165, 1.54) is 0 Å². The zero-order chi connectivity index (χ0) is 11.8. The van der Waals surface area contributed by atoms with Gasteiger partial charge in [0.25, 0.3) is 5.69 Å². The van der Waals surface area contributed by atoms with Crippen LogP contribution < -0.4 is 0 Å². The molecule has 15 heavy (non-hydrogen) atoms. The Kier molecular flexibility index (Phi) is 3.15. The molecule has 0 atom stereocenters. The van der Waals surface area contributed by atoms with E-state index in [0.717, 1.165) is 6.07 Å². The molecule has 8 heteroatoms. The molecule has 0 bridgehead atoms. The van der Waals surface area contributed by atoms with Gasteiger partial charge in [-0.25, -0.2) is 0 Å². The first-order chi connectivity index (χ1) is 6.73. The van der Waals surface area contributed by atoms with Crippen LogP contribution in [0.3, 0.4) is 0 Å². The smallest absolute Gasteiger partial charge is 0.258 e. The number of nitrogens with zero attached hydrogens (tertiary/aromatic N) is 1. The summed E-state index contributed by atoms with van der Waals surface area (Å²) in [6, 6.07) is 1.41. The molecule has 0 radical (unpaired) electrons. The maximum absolute atomic E-state index is 12.3. The largest absolute Gasteiger partial charge is 0.417 e. The molecule has 0 aliphatic carbocycles. The van der Waals surface area contributed by atoms with Crippen molar-refractivity contribution >= 4 is 29.9 Å². The number of halogens is 4. The summed E-state index contributed by atoms with van der Waals surface area (Å²) < 4.78 is 37.0. The minimum atomic E-state index is -4.72. The van der Waals surface area contributed by atoms with Gasteiger partial charge >= 0.3 is 6.18 Å². The fraction of sp³-hybridized carbons (Fsp3) is 0.143. The third-order valence-corrected chi connectivity index (χ3v) is 2.24. The molecule has 82 valence electrons. The highest BCUT2D eigenvalue weighted by molar-refractivity contribution is 7.80. The van der Waals surface area contributed by atoms with E-state index in [0.29, 0.717) is 6.07 Å². The van der Waals surface area contributed by atoms with Crippen molar-refractivity contribution in [1.29, 1.82) is 0 Å². The van der Waals surface area contributed by atoms with Crippen LogP contribution in [0, 0.1) is 10.1 Å². The lowest BCUT2D eigenvalue weighted by atomic mass is 10.2. The van der Waals surface area contributed by atoms with E-state index < -0.39 is 27.2 Å². The summed E-state index contributed by atoms with van der Waals surface area (Å²) in [5, 5.41) is 10.0. The normalized spacial score (nSPS) is 11.5. The average molecular weight is 258 g/mol. The van der Waals surface area contributed by atoms with E-state index >= 15 is 0 Å². The third kappa shape index (κ3) is 2.54. The molecule has 0 N–H and O–H groups in total. The molecule has 0 heterocycles. The molecule has 0 fully saturated rings. The van der Waals surface area contributed by atoms with Crippen LogP contribution in [-0.4, -0.2) is 4.92 Å². The van der Waals surface area contributed by atoms with Crippen molar-refractivity contribution in [3.8, 4) is 0 Å². The SMILES string of the molecule is O=[N+]([O-])c1cc(Cl)cc(C(F)(F)F)c1S. The molecular formula is C7H3ClF3NO2S. The standard InChI is InChI=1S/C7H3ClF3NO2S/c8-3-1-4(7(9,10)11)6(15)5(2-3)12(13)14/h1-2,15H. The average Bonchev–Trinajstić information content (AvgIpc) is 2.06. The van der Waals surface area contributed by atoms with Gasteiger partial charge < -0.3 is 0 Å². The number of alkyl halides is 3. The van der Waals surface area contributed by atoms with E-state index in [4.69, 9.17) is 11.6 Å². The molecular weight excluding hydrogens is 255 g/mol. The first-order valence-electron chi connectivity index (χ1n) is 3.47. The van der Waals surface area contributed by atoms with E-state index in [1.807, 2.05) is 0 Å². The van der Waals surface area contributed by atoms with E-state index in [-0.39, 0.29) is 5.02 Å². The molecule has 1 aromatic carbocycles. The second kappa shape index (κ2) is 3.90. The molecule has 0 spiro atoms. The van der Waals surface area contributed by atoms with Crippen molar-refractivity contribution in [2.75, 3.05) is 0 Å². The van der Waals surface area contributed by atoms with E-state index in [9.17, 15) is 23.3 Å². The first kappa shape index (κ1) is 12.1. The van der Waals surface area contributed by atoms with Crippen molar-refractivity contribution in [2.45, 2.75) is 11.1 Å². The second-order valence-corrected chi connectivity index (χ2v) is 3.46. The van der Waals surface area contributed by atoms with Gasteiger partial charge in [0, 0.05) is 11.1 Å².